The van der Waals surface area contributed by atoms with E-state index in [0.717, 1.165) is 62.3 Å². The van der Waals surface area contributed by atoms with Crippen LogP contribution in [0.5, 0.6) is 5.75 Å². The zero-order valence-corrected chi connectivity index (χ0v) is 23.3. The number of anilines is 1. The Morgan fingerprint density at radius 3 is 2.81 bits per heavy atom. The Bertz CT molecular complexity index is 1310. The van der Waals surface area contributed by atoms with Gasteiger partial charge in [-0.25, -0.2) is 13.4 Å². The molecule has 1 amide bonds. The number of carbonyl (C=O) groups excluding carboxylic acids is 1. The summed E-state index contributed by atoms with van der Waals surface area (Å²) in [7, 11) is -2.14. The highest BCUT2D eigenvalue weighted by molar-refractivity contribution is 7.91. The third-order valence-electron chi connectivity index (χ3n) is 6.84. The fourth-order valence-corrected chi connectivity index (χ4v) is 8.61. The summed E-state index contributed by atoms with van der Waals surface area (Å²) < 4.78 is 40.4. The van der Waals surface area contributed by atoms with Gasteiger partial charge in [0.2, 0.25) is 5.91 Å². The molecule has 37 heavy (non-hydrogen) atoms. The molecular formula is C25H32N4O5S3. The monoisotopic (exact) mass is 564 g/mol. The number of thiazole rings is 1. The van der Waals surface area contributed by atoms with Gasteiger partial charge in [0, 0.05) is 38.8 Å². The van der Waals surface area contributed by atoms with Gasteiger partial charge in [-0.15, -0.1) is 11.3 Å². The standard InChI is InChI=1S/C25H32N4O5S3/c1-33-19-8-9-22-20(18-19)26-25(36-22)28(11-5-10-27-13-15-34-16-14-27)24(30)21-6-2-3-12-29(21)37(31,32)23-7-4-17-35-23/h4,7-9,17-18,21H,2-3,5-6,10-16H2,1H3. The summed E-state index contributed by atoms with van der Waals surface area (Å²) in [6.07, 6.45) is 2.81. The molecule has 0 spiro atoms. The van der Waals surface area contributed by atoms with E-state index in [2.05, 4.69) is 4.90 Å². The van der Waals surface area contributed by atoms with Crippen molar-refractivity contribution < 1.29 is 22.7 Å². The molecule has 12 heteroatoms. The lowest BCUT2D eigenvalue weighted by molar-refractivity contribution is -0.123. The van der Waals surface area contributed by atoms with Crippen molar-refractivity contribution in [3.8, 4) is 5.75 Å². The topological polar surface area (TPSA) is 92.3 Å². The lowest BCUT2D eigenvalue weighted by Crippen LogP contribution is -2.53. The Morgan fingerprint density at radius 1 is 1.22 bits per heavy atom. The van der Waals surface area contributed by atoms with Crippen LogP contribution in [0.25, 0.3) is 10.2 Å². The normalized spacial score (nSPS) is 19.8. The SMILES string of the molecule is COc1ccc2sc(N(CCCN3CCOCC3)C(=O)C3CCCCN3S(=O)(=O)c3cccs3)nc2c1. The number of sulfonamides is 1. The Morgan fingerprint density at radius 2 is 2.05 bits per heavy atom. The van der Waals surface area contributed by atoms with E-state index in [0.29, 0.717) is 30.4 Å². The summed E-state index contributed by atoms with van der Waals surface area (Å²) >= 11 is 2.63. The average Bonchev–Trinajstić information content (AvgIpc) is 3.62. The number of hydrogen-bond acceptors (Lipinski definition) is 9. The molecular weight excluding hydrogens is 532 g/mol. The Kier molecular flexibility index (Phi) is 8.42. The molecule has 2 aliphatic rings. The number of methoxy groups -OCH3 is 1. The van der Waals surface area contributed by atoms with E-state index in [1.807, 2.05) is 18.2 Å². The molecule has 9 nitrogen and oxygen atoms in total. The van der Waals surface area contributed by atoms with Crippen LogP contribution in [0.3, 0.4) is 0 Å². The maximum absolute atomic E-state index is 14.1. The number of fused-ring (bicyclic) bond motifs is 1. The van der Waals surface area contributed by atoms with E-state index < -0.39 is 16.1 Å². The molecule has 4 heterocycles. The molecule has 0 radical (unpaired) electrons. The zero-order valence-electron chi connectivity index (χ0n) is 20.9. The van der Waals surface area contributed by atoms with Crippen molar-refractivity contribution in [3.05, 3.63) is 35.7 Å². The maximum atomic E-state index is 14.1. The molecule has 2 saturated heterocycles. The molecule has 200 valence electrons. The first-order valence-corrected chi connectivity index (χ1v) is 15.7. The van der Waals surface area contributed by atoms with E-state index in [1.165, 1.54) is 27.0 Å². The number of amides is 1. The highest BCUT2D eigenvalue weighted by Crippen LogP contribution is 2.34. The summed E-state index contributed by atoms with van der Waals surface area (Å²) in [6, 6.07) is 8.28. The number of rotatable bonds is 9. The fourth-order valence-electron chi connectivity index (χ4n) is 4.86. The summed E-state index contributed by atoms with van der Waals surface area (Å²) in [5.41, 5.74) is 0.761. The van der Waals surface area contributed by atoms with Gasteiger partial charge in [-0.3, -0.25) is 14.6 Å². The van der Waals surface area contributed by atoms with Crippen molar-refractivity contribution in [2.45, 2.75) is 35.9 Å². The summed E-state index contributed by atoms with van der Waals surface area (Å²) in [4.78, 5) is 23.0. The zero-order chi connectivity index (χ0) is 25.8. The van der Waals surface area contributed by atoms with Gasteiger partial charge in [-0.05, 0) is 42.8 Å². The molecule has 1 unspecified atom stereocenters. The molecule has 1 atom stereocenters. The lowest BCUT2D eigenvalue weighted by atomic mass is 10.0. The second-order valence-electron chi connectivity index (χ2n) is 9.19. The number of hydrogen-bond donors (Lipinski definition) is 0. The Hall–Kier alpha value is -2.09. The predicted octanol–water partition coefficient (Wildman–Crippen LogP) is 3.67. The molecule has 2 aliphatic heterocycles. The molecule has 5 rings (SSSR count). The molecule has 0 N–H and O–H groups in total. The van der Waals surface area contributed by atoms with Crippen LogP contribution in [0.2, 0.25) is 0 Å². The molecule has 1 aromatic carbocycles. The fraction of sp³-hybridized carbons (Fsp3) is 0.520. The first-order valence-electron chi connectivity index (χ1n) is 12.6. The second-order valence-corrected chi connectivity index (χ2v) is 13.3. The van der Waals surface area contributed by atoms with Crippen molar-refractivity contribution in [1.82, 2.24) is 14.2 Å². The van der Waals surface area contributed by atoms with E-state index in [1.54, 1.807) is 29.5 Å². The van der Waals surface area contributed by atoms with E-state index >= 15 is 0 Å². The quantitative estimate of drug-likeness (QED) is 0.392. The van der Waals surface area contributed by atoms with Crippen LogP contribution in [0.1, 0.15) is 25.7 Å². The average molecular weight is 565 g/mol. The molecule has 0 bridgehead atoms. The molecule has 2 aromatic heterocycles. The van der Waals surface area contributed by atoms with E-state index in [-0.39, 0.29) is 10.1 Å². The largest absolute Gasteiger partial charge is 0.497 e. The molecule has 0 aliphatic carbocycles. The smallest absolute Gasteiger partial charge is 0.253 e. The van der Waals surface area contributed by atoms with Gasteiger partial charge in [0.1, 0.15) is 16.0 Å². The summed E-state index contributed by atoms with van der Waals surface area (Å²) in [5, 5.41) is 2.34. The third-order valence-corrected chi connectivity index (χ3v) is 11.2. The highest BCUT2D eigenvalue weighted by atomic mass is 32.2. The number of piperidine rings is 1. The molecule has 2 fully saturated rings. The van der Waals surface area contributed by atoms with Crippen LogP contribution in [-0.2, 0) is 19.6 Å². The minimum atomic E-state index is -3.75. The minimum Gasteiger partial charge on any atom is -0.497 e. The van der Waals surface area contributed by atoms with Crippen molar-refractivity contribution in [1.29, 1.82) is 0 Å². The predicted molar refractivity (Wildman–Crippen MR) is 146 cm³/mol. The summed E-state index contributed by atoms with van der Waals surface area (Å²) in [5.74, 6) is 0.503. The second kappa shape index (κ2) is 11.7. The van der Waals surface area contributed by atoms with Gasteiger partial charge >= 0.3 is 0 Å². The van der Waals surface area contributed by atoms with Crippen LogP contribution in [0, 0.1) is 0 Å². The number of benzene rings is 1. The van der Waals surface area contributed by atoms with Crippen LogP contribution in [0.15, 0.2) is 39.9 Å². The van der Waals surface area contributed by atoms with Crippen molar-refractivity contribution in [2.75, 3.05) is 57.9 Å². The number of thiophene rings is 1. The number of ether oxygens (including phenoxy) is 2. The van der Waals surface area contributed by atoms with Crippen LogP contribution in [-0.4, -0.2) is 87.6 Å². The first-order chi connectivity index (χ1) is 18.0. The lowest BCUT2D eigenvalue weighted by Gasteiger charge is -2.36. The number of aromatic nitrogens is 1. The Balaban J connectivity index is 1.43. The van der Waals surface area contributed by atoms with E-state index in [4.69, 9.17) is 14.5 Å². The van der Waals surface area contributed by atoms with Crippen LogP contribution in [0.4, 0.5) is 5.13 Å². The van der Waals surface area contributed by atoms with Crippen LogP contribution < -0.4 is 9.64 Å². The third kappa shape index (κ3) is 5.84. The van der Waals surface area contributed by atoms with Crippen molar-refractivity contribution in [2.24, 2.45) is 0 Å². The first kappa shape index (κ1) is 26.5. The van der Waals surface area contributed by atoms with Gasteiger partial charge < -0.3 is 9.47 Å². The van der Waals surface area contributed by atoms with Gasteiger partial charge in [0.05, 0.1) is 30.5 Å². The number of nitrogens with zero attached hydrogens (tertiary/aromatic N) is 4. The van der Waals surface area contributed by atoms with Crippen LogP contribution >= 0.6 is 22.7 Å². The highest BCUT2D eigenvalue weighted by Gasteiger charge is 2.40. The van der Waals surface area contributed by atoms with Gasteiger partial charge in [-0.1, -0.05) is 23.8 Å². The van der Waals surface area contributed by atoms with E-state index in [9.17, 15) is 13.2 Å². The number of carbonyl (C=O) groups is 1. The summed E-state index contributed by atoms with van der Waals surface area (Å²) in [6.45, 7) is 4.86. The van der Waals surface area contributed by atoms with Gasteiger partial charge in [0.15, 0.2) is 5.13 Å². The maximum Gasteiger partial charge on any atom is 0.253 e. The number of morpholine rings is 1. The minimum absolute atomic E-state index is 0.201. The Labute approximate surface area is 225 Å². The van der Waals surface area contributed by atoms with Gasteiger partial charge in [-0.2, -0.15) is 4.31 Å². The van der Waals surface area contributed by atoms with Crippen molar-refractivity contribution in [3.63, 3.8) is 0 Å². The van der Waals surface area contributed by atoms with Gasteiger partial charge in [0.25, 0.3) is 10.0 Å². The van der Waals surface area contributed by atoms with Crippen molar-refractivity contribution >= 4 is 54.0 Å². The molecule has 0 saturated carbocycles. The molecule has 3 aromatic rings.